The summed E-state index contributed by atoms with van der Waals surface area (Å²) >= 11 is 0. The van der Waals surface area contributed by atoms with Crippen molar-refractivity contribution in [3.8, 4) is 28.7 Å². The molecule has 94 valence electrons. The summed E-state index contributed by atoms with van der Waals surface area (Å²) in [6.45, 7) is 0. The van der Waals surface area contributed by atoms with E-state index in [-0.39, 0.29) is 5.75 Å². The summed E-state index contributed by atoms with van der Waals surface area (Å²) in [5.41, 5.74) is 2.37. The fraction of sp³-hybridized carbons (Fsp3) is 0.133. The van der Waals surface area contributed by atoms with Crippen LogP contribution in [0.15, 0.2) is 42.5 Å². The Morgan fingerprint density at radius 3 is 2.74 bits per heavy atom. The first-order valence-corrected chi connectivity index (χ1v) is 5.87. The molecule has 1 aliphatic heterocycles. The fourth-order valence-electron chi connectivity index (χ4n) is 2.32. The summed E-state index contributed by atoms with van der Waals surface area (Å²) in [7, 11) is 0. The first kappa shape index (κ1) is 11.6. The van der Waals surface area contributed by atoms with Crippen LogP contribution in [0.1, 0.15) is 11.7 Å². The van der Waals surface area contributed by atoms with Gasteiger partial charge in [0.15, 0.2) is 12.2 Å². The molecule has 2 N–H and O–H groups in total. The van der Waals surface area contributed by atoms with Crippen LogP contribution < -0.4 is 4.74 Å². The molecule has 0 aliphatic carbocycles. The topological polar surface area (TPSA) is 73.5 Å². The SMILES string of the molecule is N#CC(O)C1Oc2ccc(O)cc2-c2ccccc21. The molecule has 2 aromatic carbocycles. The molecule has 0 bridgehead atoms. The van der Waals surface area contributed by atoms with Gasteiger partial charge in [-0.1, -0.05) is 24.3 Å². The van der Waals surface area contributed by atoms with E-state index in [9.17, 15) is 10.2 Å². The van der Waals surface area contributed by atoms with Gasteiger partial charge < -0.3 is 14.9 Å². The number of hydrogen-bond acceptors (Lipinski definition) is 4. The molecule has 2 unspecified atom stereocenters. The minimum atomic E-state index is -1.23. The smallest absolute Gasteiger partial charge is 0.181 e. The molecule has 0 saturated carbocycles. The number of fused-ring (bicyclic) bond motifs is 3. The molecule has 0 aromatic heterocycles. The summed E-state index contributed by atoms with van der Waals surface area (Å²) in [6, 6.07) is 14.0. The van der Waals surface area contributed by atoms with Gasteiger partial charge in [0.25, 0.3) is 0 Å². The quantitative estimate of drug-likeness (QED) is 0.765. The Balaban J connectivity index is 2.21. The number of hydrogen-bond donors (Lipinski definition) is 2. The Hall–Kier alpha value is -2.51. The zero-order valence-electron chi connectivity index (χ0n) is 9.95. The molecule has 2 aromatic rings. The van der Waals surface area contributed by atoms with Crippen LogP contribution in [0.2, 0.25) is 0 Å². The molecule has 0 saturated heterocycles. The predicted molar refractivity (Wildman–Crippen MR) is 68.5 cm³/mol. The van der Waals surface area contributed by atoms with Gasteiger partial charge in [0.2, 0.25) is 0 Å². The lowest BCUT2D eigenvalue weighted by Crippen LogP contribution is -2.25. The minimum absolute atomic E-state index is 0.149. The number of ether oxygens (including phenoxy) is 1. The Kier molecular flexibility index (Phi) is 2.62. The maximum Gasteiger partial charge on any atom is 0.181 e. The van der Waals surface area contributed by atoms with Crippen molar-refractivity contribution in [1.82, 2.24) is 0 Å². The molecule has 4 nitrogen and oxygen atoms in total. The molecule has 0 radical (unpaired) electrons. The normalized spacial score (nSPS) is 17.6. The van der Waals surface area contributed by atoms with Crippen LogP contribution in [-0.2, 0) is 0 Å². The molecular formula is C15H11NO3. The van der Waals surface area contributed by atoms with E-state index in [1.165, 1.54) is 6.07 Å². The van der Waals surface area contributed by atoms with Crippen LogP contribution >= 0.6 is 0 Å². The van der Waals surface area contributed by atoms with Crippen molar-refractivity contribution in [2.45, 2.75) is 12.2 Å². The summed E-state index contributed by atoms with van der Waals surface area (Å²) in [6.07, 6.45) is -1.94. The number of aromatic hydroxyl groups is 1. The Labute approximate surface area is 110 Å². The van der Waals surface area contributed by atoms with Crippen molar-refractivity contribution in [3.05, 3.63) is 48.0 Å². The van der Waals surface area contributed by atoms with E-state index < -0.39 is 12.2 Å². The second-order valence-electron chi connectivity index (χ2n) is 4.38. The fourth-order valence-corrected chi connectivity index (χ4v) is 2.32. The molecule has 1 heterocycles. The molecule has 19 heavy (non-hydrogen) atoms. The zero-order valence-corrected chi connectivity index (χ0v) is 9.95. The second-order valence-corrected chi connectivity index (χ2v) is 4.38. The largest absolute Gasteiger partial charge is 0.508 e. The van der Waals surface area contributed by atoms with E-state index >= 15 is 0 Å². The van der Waals surface area contributed by atoms with Gasteiger partial charge in [-0.05, 0) is 23.8 Å². The third-order valence-electron chi connectivity index (χ3n) is 3.19. The first-order valence-electron chi connectivity index (χ1n) is 5.87. The van der Waals surface area contributed by atoms with Gasteiger partial charge in [0.05, 0.1) is 6.07 Å². The number of nitrogens with zero attached hydrogens (tertiary/aromatic N) is 1. The molecule has 4 heteroatoms. The Morgan fingerprint density at radius 2 is 1.95 bits per heavy atom. The highest BCUT2D eigenvalue weighted by Crippen LogP contribution is 2.44. The number of rotatable bonds is 1. The summed E-state index contributed by atoms with van der Waals surface area (Å²) in [4.78, 5) is 0. The van der Waals surface area contributed by atoms with Crippen molar-refractivity contribution in [2.75, 3.05) is 0 Å². The average molecular weight is 253 g/mol. The number of benzene rings is 2. The number of aliphatic hydroxyl groups is 1. The van der Waals surface area contributed by atoms with Crippen LogP contribution in [0.3, 0.4) is 0 Å². The number of phenols is 1. The van der Waals surface area contributed by atoms with Crippen LogP contribution in [0.5, 0.6) is 11.5 Å². The molecule has 0 spiro atoms. The van der Waals surface area contributed by atoms with Crippen molar-refractivity contribution < 1.29 is 14.9 Å². The molecule has 2 atom stereocenters. The second kappa shape index (κ2) is 4.30. The Morgan fingerprint density at radius 1 is 1.16 bits per heavy atom. The highest BCUT2D eigenvalue weighted by Gasteiger charge is 2.31. The van der Waals surface area contributed by atoms with Crippen molar-refractivity contribution in [1.29, 1.82) is 5.26 Å². The lowest BCUT2D eigenvalue weighted by molar-refractivity contribution is 0.0696. The maximum absolute atomic E-state index is 9.77. The third-order valence-corrected chi connectivity index (χ3v) is 3.19. The molecular weight excluding hydrogens is 242 g/mol. The van der Waals surface area contributed by atoms with Gasteiger partial charge in [-0.3, -0.25) is 0 Å². The first-order chi connectivity index (χ1) is 9.20. The van der Waals surface area contributed by atoms with Gasteiger partial charge in [-0.15, -0.1) is 0 Å². The Bertz CT molecular complexity index is 675. The van der Waals surface area contributed by atoms with E-state index in [0.717, 1.165) is 16.7 Å². The number of phenolic OH excluding ortho intramolecular Hbond substituents is 1. The average Bonchev–Trinajstić information content (AvgIpc) is 2.46. The monoisotopic (exact) mass is 253 g/mol. The van der Waals surface area contributed by atoms with Crippen LogP contribution in [0.25, 0.3) is 11.1 Å². The zero-order chi connectivity index (χ0) is 13.4. The summed E-state index contributed by atoms with van der Waals surface area (Å²) in [5, 5.41) is 28.2. The molecule has 3 rings (SSSR count). The van der Waals surface area contributed by atoms with Crippen molar-refractivity contribution in [2.24, 2.45) is 0 Å². The number of nitriles is 1. The van der Waals surface area contributed by atoms with Crippen LogP contribution in [-0.4, -0.2) is 16.3 Å². The molecule has 1 aliphatic rings. The van der Waals surface area contributed by atoms with E-state index in [1.54, 1.807) is 18.2 Å². The lowest BCUT2D eigenvalue weighted by atomic mass is 9.91. The van der Waals surface area contributed by atoms with Gasteiger partial charge in [-0.25, -0.2) is 0 Å². The predicted octanol–water partition coefficient (Wildman–Crippen LogP) is 2.38. The van der Waals surface area contributed by atoms with Crippen molar-refractivity contribution >= 4 is 0 Å². The van der Waals surface area contributed by atoms with Gasteiger partial charge >= 0.3 is 0 Å². The summed E-state index contributed by atoms with van der Waals surface area (Å²) < 4.78 is 5.68. The van der Waals surface area contributed by atoms with E-state index in [2.05, 4.69) is 0 Å². The highest BCUT2D eigenvalue weighted by molar-refractivity contribution is 5.77. The maximum atomic E-state index is 9.77. The third kappa shape index (κ3) is 1.81. The van der Waals surface area contributed by atoms with Gasteiger partial charge in [0.1, 0.15) is 11.5 Å². The lowest BCUT2D eigenvalue weighted by Gasteiger charge is -2.29. The highest BCUT2D eigenvalue weighted by atomic mass is 16.5. The van der Waals surface area contributed by atoms with Crippen LogP contribution in [0.4, 0.5) is 0 Å². The van der Waals surface area contributed by atoms with Crippen molar-refractivity contribution in [3.63, 3.8) is 0 Å². The molecule has 0 amide bonds. The van der Waals surface area contributed by atoms with E-state index in [4.69, 9.17) is 10.00 Å². The summed E-state index contributed by atoms with van der Waals surface area (Å²) in [5.74, 6) is 0.701. The van der Waals surface area contributed by atoms with E-state index in [0.29, 0.717) is 5.75 Å². The van der Waals surface area contributed by atoms with Gasteiger partial charge in [0, 0.05) is 11.1 Å². The minimum Gasteiger partial charge on any atom is -0.508 e. The number of aliphatic hydroxyl groups excluding tert-OH is 1. The van der Waals surface area contributed by atoms with Gasteiger partial charge in [-0.2, -0.15) is 5.26 Å². The van der Waals surface area contributed by atoms with E-state index in [1.807, 2.05) is 24.3 Å². The molecule has 0 fully saturated rings. The standard InChI is InChI=1S/C15H11NO3/c16-8-13(18)15-11-4-2-1-3-10(11)12-7-9(17)5-6-14(12)19-15/h1-7,13,15,17-18H. The van der Waals surface area contributed by atoms with Crippen LogP contribution in [0, 0.1) is 11.3 Å².